The second kappa shape index (κ2) is 11.0. The van der Waals surface area contributed by atoms with Crippen LogP contribution in [-0.4, -0.2) is 49.0 Å². The first kappa shape index (κ1) is 31.7. The van der Waals surface area contributed by atoms with Gasteiger partial charge in [0.1, 0.15) is 18.0 Å². The normalized spacial score (nSPS) is 36.5. The summed E-state index contributed by atoms with van der Waals surface area (Å²) in [4.78, 5) is 66.9. The summed E-state index contributed by atoms with van der Waals surface area (Å²) in [6, 6.07) is 1.80. The van der Waals surface area contributed by atoms with Crippen molar-refractivity contribution in [1.29, 1.82) is 0 Å². The van der Waals surface area contributed by atoms with E-state index in [1.807, 2.05) is 26.8 Å². The Morgan fingerprint density at radius 1 is 1.09 bits per heavy atom. The monoisotopic (exact) mass is 610 g/mol. The quantitative estimate of drug-likeness (QED) is 0.186. The highest BCUT2D eigenvalue weighted by Gasteiger charge is 2.71. The molecule has 3 fully saturated rings. The van der Waals surface area contributed by atoms with Gasteiger partial charge in [0.05, 0.1) is 32.0 Å². The molecule has 0 aromatic carbocycles. The van der Waals surface area contributed by atoms with E-state index >= 15 is 0 Å². The van der Waals surface area contributed by atoms with Gasteiger partial charge in [0.25, 0.3) is 0 Å². The van der Waals surface area contributed by atoms with Gasteiger partial charge in [-0.2, -0.15) is 0 Å². The third-order valence-corrected chi connectivity index (χ3v) is 11.1. The predicted molar refractivity (Wildman–Crippen MR) is 155 cm³/mol. The molecule has 4 aliphatic rings. The number of esters is 4. The van der Waals surface area contributed by atoms with Crippen molar-refractivity contribution in [3.05, 3.63) is 47.5 Å². The molecule has 2 bridgehead atoms. The summed E-state index contributed by atoms with van der Waals surface area (Å²) in [5.41, 5.74) is -0.727. The van der Waals surface area contributed by atoms with Crippen LogP contribution in [0.1, 0.15) is 79.4 Å². The number of cyclic esters (lactones) is 1. The number of fused-ring (bicyclic) bond motifs is 6. The fourth-order valence-electron chi connectivity index (χ4n) is 8.94. The number of carbonyl (C=O) groups is 5. The second-order valence-electron chi connectivity index (χ2n) is 13.8. The zero-order valence-electron chi connectivity index (χ0n) is 26.6. The SMILES string of the molecule is C/C=C(\C)C(=O)O[C@@H]1C2C=C3C4CC(=O)O[C@@H](c5ccoc5)[C@]4(C)CC[C@@H]3[C@@](C)(C2=O)[C@@H]([C@@H](OC(C)=O)C(=O)OC)C1(C)C. The summed E-state index contributed by atoms with van der Waals surface area (Å²) < 4.78 is 28.2. The lowest BCUT2D eigenvalue weighted by atomic mass is 9.40. The number of methoxy groups -OCH3 is 1. The lowest BCUT2D eigenvalue weighted by Gasteiger charge is -2.64. The van der Waals surface area contributed by atoms with E-state index in [9.17, 15) is 24.0 Å². The molecular formula is C34H42O10. The van der Waals surface area contributed by atoms with Gasteiger partial charge < -0.3 is 23.4 Å². The van der Waals surface area contributed by atoms with Crippen molar-refractivity contribution < 1.29 is 47.3 Å². The third kappa shape index (κ3) is 4.63. The van der Waals surface area contributed by atoms with Crippen LogP contribution in [0, 0.1) is 39.9 Å². The summed E-state index contributed by atoms with van der Waals surface area (Å²) in [6.45, 7) is 12.2. The topological polar surface area (TPSA) is 135 Å². The molecule has 1 aliphatic heterocycles. The van der Waals surface area contributed by atoms with Gasteiger partial charge in [-0.15, -0.1) is 0 Å². The third-order valence-electron chi connectivity index (χ3n) is 11.1. The Labute approximate surface area is 257 Å². The molecule has 5 rings (SSSR count). The van der Waals surface area contributed by atoms with Gasteiger partial charge >= 0.3 is 23.9 Å². The average molecular weight is 611 g/mol. The Morgan fingerprint density at radius 3 is 2.39 bits per heavy atom. The van der Waals surface area contributed by atoms with Crippen molar-refractivity contribution in [2.45, 2.75) is 86.0 Å². The average Bonchev–Trinajstić information content (AvgIpc) is 3.50. The maximum absolute atomic E-state index is 14.7. The minimum absolute atomic E-state index is 0.116. The van der Waals surface area contributed by atoms with Crippen molar-refractivity contribution in [2.24, 2.45) is 39.9 Å². The van der Waals surface area contributed by atoms with Gasteiger partial charge in [-0.1, -0.05) is 45.4 Å². The molecule has 2 saturated carbocycles. The number of Topliss-reactive ketones (excluding diaryl/α,β-unsaturated/α-hetero) is 1. The first-order chi connectivity index (χ1) is 20.6. The molecule has 1 aromatic heterocycles. The molecule has 238 valence electrons. The lowest BCUT2D eigenvalue weighted by molar-refractivity contribution is -0.214. The number of ether oxygens (including phenoxy) is 4. The van der Waals surface area contributed by atoms with Crippen LogP contribution in [0.25, 0.3) is 0 Å². The fourth-order valence-corrected chi connectivity index (χ4v) is 8.94. The number of rotatable bonds is 6. The zero-order valence-corrected chi connectivity index (χ0v) is 26.6. The van der Waals surface area contributed by atoms with Gasteiger partial charge in [0.15, 0.2) is 0 Å². The lowest BCUT2D eigenvalue weighted by Crippen LogP contribution is -2.69. The van der Waals surface area contributed by atoms with Crippen molar-refractivity contribution in [3.63, 3.8) is 0 Å². The maximum atomic E-state index is 14.7. The first-order valence-corrected chi connectivity index (χ1v) is 15.2. The molecule has 0 spiro atoms. The molecule has 0 N–H and O–H groups in total. The number of hydrogen-bond acceptors (Lipinski definition) is 10. The van der Waals surface area contributed by atoms with E-state index in [0.717, 1.165) is 11.1 Å². The molecule has 3 aliphatic carbocycles. The van der Waals surface area contributed by atoms with E-state index in [2.05, 4.69) is 6.92 Å². The summed E-state index contributed by atoms with van der Waals surface area (Å²) in [5, 5.41) is 0. The van der Waals surface area contributed by atoms with E-state index in [1.54, 1.807) is 38.5 Å². The largest absolute Gasteiger partial charge is 0.472 e. The van der Waals surface area contributed by atoms with Gasteiger partial charge in [-0.3, -0.25) is 14.4 Å². The number of carbonyl (C=O) groups excluding carboxylic acids is 5. The molecule has 1 saturated heterocycles. The number of ketones is 1. The van der Waals surface area contributed by atoms with Gasteiger partial charge in [0, 0.05) is 40.2 Å². The van der Waals surface area contributed by atoms with E-state index in [4.69, 9.17) is 23.4 Å². The molecule has 2 heterocycles. The maximum Gasteiger partial charge on any atom is 0.347 e. The molecule has 2 unspecified atom stereocenters. The Balaban J connectivity index is 1.72. The molecule has 0 amide bonds. The van der Waals surface area contributed by atoms with Crippen LogP contribution >= 0.6 is 0 Å². The Bertz CT molecular complexity index is 1430. The Hall–Kier alpha value is -3.69. The van der Waals surface area contributed by atoms with Crippen LogP contribution in [-0.2, 0) is 42.9 Å². The van der Waals surface area contributed by atoms with Gasteiger partial charge in [0.2, 0.25) is 6.10 Å². The molecule has 9 atom stereocenters. The van der Waals surface area contributed by atoms with Crippen LogP contribution in [0.2, 0.25) is 0 Å². The predicted octanol–water partition coefficient (Wildman–Crippen LogP) is 5.07. The Kier molecular flexibility index (Phi) is 7.96. The summed E-state index contributed by atoms with van der Waals surface area (Å²) in [6.07, 6.45) is 4.99. The van der Waals surface area contributed by atoms with E-state index in [1.165, 1.54) is 14.0 Å². The van der Waals surface area contributed by atoms with Crippen molar-refractivity contribution >= 4 is 29.7 Å². The number of furan rings is 1. The number of allylic oxidation sites excluding steroid dienone is 2. The fraction of sp³-hybridized carbons (Fsp3) is 0.618. The number of hydrogen-bond donors (Lipinski definition) is 0. The minimum Gasteiger partial charge on any atom is -0.472 e. The highest BCUT2D eigenvalue weighted by molar-refractivity contribution is 5.95. The molecular weight excluding hydrogens is 568 g/mol. The molecule has 1 aromatic rings. The smallest absolute Gasteiger partial charge is 0.347 e. The first-order valence-electron chi connectivity index (χ1n) is 15.2. The second-order valence-corrected chi connectivity index (χ2v) is 13.8. The summed E-state index contributed by atoms with van der Waals surface area (Å²) in [7, 11) is 1.20. The summed E-state index contributed by atoms with van der Waals surface area (Å²) >= 11 is 0. The van der Waals surface area contributed by atoms with E-state index < -0.39 is 64.3 Å². The van der Waals surface area contributed by atoms with Crippen LogP contribution in [0.3, 0.4) is 0 Å². The molecule has 0 radical (unpaired) electrons. The molecule has 10 heteroatoms. The van der Waals surface area contributed by atoms with Gasteiger partial charge in [-0.25, -0.2) is 9.59 Å². The van der Waals surface area contributed by atoms with Crippen molar-refractivity contribution in [3.8, 4) is 0 Å². The highest BCUT2D eigenvalue weighted by atomic mass is 16.6. The summed E-state index contributed by atoms with van der Waals surface area (Å²) in [5.74, 6) is -5.07. The standard InChI is InChI=1S/C34H42O10/c1-9-17(2)30(38)44-29-21-14-20-22(10-12-33(6)23(20)15-24(36)43-28(33)19-11-13-41-16-19)34(7,27(21)37)26(32(29,4)5)25(31(39)40-8)42-18(3)35/h9,11,13-14,16,21-23,25-26,28-29H,10,12,15H2,1-8H3/b17-9+/t21?,22-,23?,25+,26-,28-,29+,33+,34+/m0/s1. The Morgan fingerprint density at radius 2 is 1.80 bits per heavy atom. The zero-order chi connectivity index (χ0) is 32.4. The van der Waals surface area contributed by atoms with Gasteiger partial charge in [-0.05, 0) is 44.6 Å². The van der Waals surface area contributed by atoms with Crippen molar-refractivity contribution in [2.75, 3.05) is 7.11 Å². The minimum atomic E-state index is -1.44. The van der Waals surface area contributed by atoms with Crippen LogP contribution in [0.4, 0.5) is 0 Å². The molecule has 44 heavy (non-hydrogen) atoms. The highest BCUT2D eigenvalue weighted by Crippen LogP contribution is 2.68. The van der Waals surface area contributed by atoms with E-state index in [-0.39, 0.29) is 30.0 Å². The molecule has 10 nitrogen and oxygen atoms in total. The van der Waals surface area contributed by atoms with Crippen molar-refractivity contribution in [1.82, 2.24) is 0 Å². The van der Waals surface area contributed by atoms with E-state index in [0.29, 0.717) is 18.4 Å². The van der Waals surface area contributed by atoms with Crippen LogP contribution in [0.5, 0.6) is 0 Å². The van der Waals surface area contributed by atoms with Crippen LogP contribution in [0.15, 0.2) is 46.3 Å². The van der Waals surface area contributed by atoms with Crippen LogP contribution < -0.4 is 0 Å².